The van der Waals surface area contributed by atoms with Crippen LogP contribution in [0.5, 0.6) is 0 Å². The molecule has 0 saturated carbocycles. The maximum absolute atomic E-state index is 13.5. The van der Waals surface area contributed by atoms with E-state index in [1.165, 1.54) is 23.5 Å². The van der Waals surface area contributed by atoms with Crippen molar-refractivity contribution in [3.63, 3.8) is 0 Å². The summed E-state index contributed by atoms with van der Waals surface area (Å²) in [7, 11) is -3.33. The van der Waals surface area contributed by atoms with E-state index in [1.54, 1.807) is 30.2 Å². The van der Waals surface area contributed by atoms with Gasteiger partial charge < -0.3 is 0 Å². The van der Waals surface area contributed by atoms with Crippen molar-refractivity contribution in [2.75, 3.05) is 10.7 Å². The zero-order chi connectivity index (χ0) is 22.9. The number of thiazole rings is 1. The normalized spacial score (nSPS) is 11.6. The summed E-state index contributed by atoms with van der Waals surface area (Å²) in [5.41, 5.74) is 4.20. The molecule has 2 heterocycles. The fourth-order valence-corrected chi connectivity index (χ4v) is 5.51. The lowest BCUT2D eigenvalue weighted by Crippen LogP contribution is -2.30. The summed E-state index contributed by atoms with van der Waals surface area (Å²) in [6.07, 6.45) is 1.69. The van der Waals surface area contributed by atoms with Crippen molar-refractivity contribution in [3.05, 3.63) is 83.2 Å². The lowest BCUT2D eigenvalue weighted by atomic mass is 10.1. The van der Waals surface area contributed by atoms with E-state index in [-0.39, 0.29) is 23.1 Å². The average Bonchev–Trinajstić information content (AvgIpc) is 3.22. The molecule has 0 bridgehead atoms. The molecule has 0 spiro atoms. The van der Waals surface area contributed by atoms with Crippen LogP contribution in [0.15, 0.2) is 65.7 Å². The van der Waals surface area contributed by atoms with Crippen LogP contribution in [-0.4, -0.2) is 30.0 Å². The first kappa shape index (κ1) is 22.1. The second kappa shape index (κ2) is 8.80. The Morgan fingerprint density at radius 1 is 1.06 bits per heavy atom. The van der Waals surface area contributed by atoms with Crippen LogP contribution < -0.4 is 4.90 Å². The highest BCUT2D eigenvalue weighted by Crippen LogP contribution is 2.33. The molecule has 0 fully saturated rings. The van der Waals surface area contributed by atoms with Gasteiger partial charge in [0.15, 0.2) is 15.0 Å². The number of benzene rings is 2. The molecule has 6 nitrogen and oxygen atoms in total. The molecule has 2 aromatic carbocycles. The summed E-state index contributed by atoms with van der Waals surface area (Å²) in [5, 5.41) is 0.578. The third-order valence-corrected chi connectivity index (χ3v) is 7.96. The second-order valence-corrected chi connectivity index (χ2v) is 10.9. The first-order valence-corrected chi connectivity index (χ1v) is 12.7. The Bertz CT molecular complexity index is 1380. The molecular formula is C24H23N3O3S2. The van der Waals surface area contributed by atoms with Crippen LogP contribution in [0.4, 0.5) is 5.13 Å². The first-order valence-electron chi connectivity index (χ1n) is 10.2. The van der Waals surface area contributed by atoms with E-state index >= 15 is 0 Å². The Balaban J connectivity index is 1.76. The van der Waals surface area contributed by atoms with E-state index in [1.807, 2.05) is 32.0 Å². The molecular weight excluding hydrogens is 442 g/mol. The molecule has 4 rings (SSSR count). The largest absolute Gasteiger partial charge is 0.278 e. The average molecular weight is 466 g/mol. The summed E-state index contributed by atoms with van der Waals surface area (Å²) >= 11 is 1.46. The van der Waals surface area contributed by atoms with Crippen LogP contribution in [0, 0.1) is 13.8 Å². The third-order valence-electron chi connectivity index (χ3n) is 5.18. The molecule has 32 heavy (non-hydrogen) atoms. The Morgan fingerprint density at radius 2 is 1.81 bits per heavy atom. The highest BCUT2D eigenvalue weighted by atomic mass is 32.2. The number of carbonyl (C=O) groups is 1. The summed E-state index contributed by atoms with van der Waals surface area (Å²) in [6, 6.07) is 15.8. The molecule has 0 aliphatic carbocycles. The highest BCUT2D eigenvalue weighted by Gasteiger charge is 2.23. The number of aromatic nitrogens is 2. The molecule has 0 atom stereocenters. The summed E-state index contributed by atoms with van der Waals surface area (Å²) in [5.74, 6) is -0.249. The number of hydrogen-bond acceptors (Lipinski definition) is 6. The highest BCUT2D eigenvalue weighted by molar-refractivity contribution is 7.91. The van der Waals surface area contributed by atoms with Crippen molar-refractivity contribution >= 4 is 42.4 Å². The van der Waals surface area contributed by atoms with Crippen LogP contribution >= 0.6 is 11.3 Å². The van der Waals surface area contributed by atoms with Crippen molar-refractivity contribution in [1.82, 2.24) is 9.97 Å². The van der Waals surface area contributed by atoms with Crippen molar-refractivity contribution < 1.29 is 13.2 Å². The number of hydrogen-bond donors (Lipinski definition) is 0. The molecule has 0 aliphatic rings. The topological polar surface area (TPSA) is 80.2 Å². The number of amides is 1. The molecule has 1 amide bonds. The van der Waals surface area contributed by atoms with Crippen LogP contribution in [0.2, 0.25) is 0 Å². The van der Waals surface area contributed by atoms with Gasteiger partial charge in [-0.05, 0) is 67.4 Å². The van der Waals surface area contributed by atoms with E-state index in [9.17, 15) is 13.2 Å². The van der Waals surface area contributed by atoms with E-state index in [0.717, 1.165) is 27.0 Å². The molecule has 8 heteroatoms. The molecule has 164 valence electrons. The number of pyridine rings is 1. The van der Waals surface area contributed by atoms with Gasteiger partial charge in [0.25, 0.3) is 5.91 Å². The van der Waals surface area contributed by atoms with Gasteiger partial charge in [0.05, 0.1) is 33.1 Å². The van der Waals surface area contributed by atoms with Gasteiger partial charge >= 0.3 is 0 Å². The molecule has 0 saturated heterocycles. The number of rotatable bonds is 6. The van der Waals surface area contributed by atoms with Gasteiger partial charge in [-0.1, -0.05) is 30.4 Å². The number of anilines is 1. The first-order chi connectivity index (χ1) is 15.3. The monoisotopic (exact) mass is 465 g/mol. The predicted molar refractivity (Wildman–Crippen MR) is 128 cm³/mol. The lowest BCUT2D eigenvalue weighted by molar-refractivity contribution is 0.0984. The zero-order valence-corrected chi connectivity index (χ0v) is 19.7. The summed E-state index contributed by atoms with van der Waals surface area (Å²) < 4.78 is 25.3. The standard InChI is InChI=1S/C24H23N3O3S2/c1-4-32(29,30)20-10-8-18(9-11-20)23(28)27(15-19-7-5-6-12-25-19)24-26-22-17(3)13-16(2)14-21(22)31-24/h5-14H,4,15H2,1-3H3. The Labute approximate surface area is 191 Å². The van der Waals surface area contributed by atoms with Crippen LogP contribution in [0.1, 0.15) is 34.1 Å². The Morgan fingerprint density at radius 3 is 2.47 bits per heavy atom. The predicted octanol–water partition coefficient (Wildman–Crippen LogP) is 4.95. The van der Waals surface area contributed by atoms with Gasteiger partial charge in [-0.25, -0.2) is 13.4 Å². The number of fused-ring (bicyclic) bond motifs is 1. The van der Waals surface area contributed by atoms with Gasteiger partial charge in [-0.2, -0.15) is 0 Å². The van der Waals surface area contributed by atoms with Gasteiger partial charge in [0.2, 0.25) is 0 Å². The third kappa shape index (κ3) is 4.42. The van der Waals surface area contributed by atoms with E-state index < -0.39 is 9.84 Å². The van der Waals surface area contributed by atoms with Crippen LogP contribution in [-0.2, 0) is 16.4 Å². The minimum absolute atomic E-state index is 0.0105. The van der Waals surface area contributed by atoms with E-state index in [2.05, 4.69) is 17.1 Å². The summed E-state index contributed by atoms with van der Waals surface area (Å²) in [6.45, 7) is 5.90. The van der Waals surface area contributed by atoms with Crippen molar-refractivity contribution in [1.29, 1.82) is 0 Å². The van der Waals surface area contributed by atoms with E-state index in [0.29, 0.717) is 10.7 Å². The molecule has 0 aliphatic heterocycles. The SMILES string of the molecule is CCS(=O)(=O)c1ccc(C(=O)N(Cc2ccccn2)c2nc3c(C)cc(C)cc3s2)cc1. The fraction of sp³-hybridized carbons (Fsp3) is 0.208. The van der Waals surface area contributed by atoms with Crippen LogP contribution in [0.3, 0.4) is 0 Å². The van der Waals surface area contributed by atoms with Gasteiger partial charge in [-0.15, -0.1) is 0 Å². The summed E-state index contributed by atoms with van der Waals surface area (Å²) in [4.78, 5) is 24.5. The van der Waals surface area contributed by atoms with Crippen molar-refractivity contribution in [2.45, 2.75) is 32.2 Å². The molecule has 2 aromatic heterocycles. The quantitative estimate of drug-likeness (QED) is 0.403. The lowest BCUT2D eigenvalue weighted by Gasteiger charge is -2.19. The Kier molecular flexibility index (Phi) is 6.08. The zero-order valence-electron chi connectivity index (χ0n) is 18.1. The second-order valence-electron chi connectivity index (χ2n) is 7.57. The Hall–Kier alpha value is -3.10. The number of carbonyl (C=O) groups excluding carboxylic acids is 1. The maximum atomic E-state index is 13.5. The fourth-order valence-electron chi connectivity index (χ4n) is 3.48. The molecule has 4 aromatic rings. The maximum Gasteiger partial charge on any atom is 0.260 e. The van der Waals surface area contributed by atoms with Crippen LogP contribution in [0.25, 0.3) is 10.2 Å². The van der Waals surface area contributed by atoms with E-state index in [4.69, 9.17) is 4.98 Å². The number of sulfone groups is 1. The van der Waals surface area contributed by atoms with Gasteiger partial charge in [0, 0.05) is 11.8 Å². The molecule has 0 N–H and O–H groups in total. The van der Waals surface area contributed by atoms with Gasteiger partial charge in [-0.3, -0.25) is 14.7 Å². The molecule has 0 unspecified atom stereocenters. The number of nitrogens with zero attached hydrogens (tertiary/aromatic N) is 3. The van der Waals surface area contributed by atoms with Crippen molar-refractivity contribution in [2.24, 2.45) is 0 Å². The minimum Gasteiger partial charge on any atom is -0.278 e. The minimum atomic E-state index is -3.33. The number of aryl methyl sites for hydroxylation is 2. The smallest absolute Gasteiger partial charge is 0.260 e. The molecule has 0 radical (unpaired) electrons. The van der Waals surface area contributed by atoms with Crippen molar-refractivity contribution in [3.8, 4) is 0 Å². The van der Waals surface area contributed by atoms with Gasteiger partial charge in [0.1, 0.15) is 0 Å².